The first-order valence-corrected chi connectivity index (χ1v) is 14.9. The average molecular weight is 535 g/mol. The molecule has 0 spiro atoms. The van der Waals surface area contributed by atoms with Crippen LogP contribution in [0.4, 0.5) is 10.1 Å². The van der Waals surface area contributed by atoms with Crippen LogP contribution < -0.4 is 11.1 Å². The lowest BCUT2D eigenvalue weighted by atomic mass is 9.66. The van der Waals surface area contributed by atoms with Gasteiger partial charge in [0, 0.05) is 41.3 Å². The monoisotopic (exact) mass is 534 g/mol. The van der Waals surface area contributed by atoms with Crippen LogP contribution in [0.25, 0.3) is 0 Å². The van der Waals surface area contributed by atoms with Crippen LogP contribution in [0.1, 0.15) is 58.4 Å². The van der Waals surface area contributed by atoms with E-state index in [1.165, 1.54) is 54.1 Å². The molecule has 204 valence electrons. The highest BCUT2D eigenvalue weighted by Crippen LogP contribution is 2.49. The lowest BCUT2D eigenvalue weighted by Gasteiger charge is -2.48. The molecule has 1 unspecified atom stereocenters. The Morgan fingerprint density at radius 3 is 2.37 bits per heavy atom. The summed E-state index contributed by atoms with van der Waals surface area (Å²) in [6, 6.07) is 15.7. The lowest BCUT2D eigenvalue weighted by molar-refractivity contribution is 0.177. The number of fused-ring (bicyclic) bond motifs is 1. The van der Waals surface area contributed by atoms with Crippen LogP contribution in [0.5, 0.6) is 0 Å². The molecule has 1 atom stereocenters. The highest BCUT2D eigenvalue weighted by atomic mass is 32.2. The van der Waals surface area contributed by atoms with Crippen molar-refractivity contribution in [3.05, 3.63) is 82.8 Å². The van der Waals surface area contributed by atoms with Gasteiger partial charge in [-0.3, -0.25) is 0 Å². The first kappa shape index (κ1) is 27.4. The van der Waals surface area contributed by atoms with Gasteiger partial charge >= 0.3 is 0 Å². The quantitative estimate of drug-likeness (QED) is 0.358. The standard InChI is InChI=1S/C32H43FN4S/c1-31(2,3)25-6-12-29(13-7-25)38-37-18-14-26-20-30(35-28-10-8-27(33)9-11-28)24(22-34)21-32(26,23-37)15-19-36-16-4-5-17-36/h6-13,20,35H,4-5,14-19,21-23,34H2,1-3H3. The van der Waals surface area contributed by atoms with Crippen LogP contribution in [-0.4, -0.2) is 48.5 Å². The van der Waals surface area contributed by atoms with Crippen molar-refractivity contribution in [2.24, 2.45) is 11.1 Å². The Hall–Kier alpha value is -2.12. The van der Waals surface area contributed by atoms with E-state index in [1.54, 1.807) is 17.7 Å². The molecule has 2 aliphatic heterocycles. The van der Waals surface area contributed by atoms with Gasteiger partial charge in [0.1, 0.15) is 5.82 Å². The minimum atomic E-state index is -0.218. The maximum absolute atomic E-state index is 13.5. The van der Waals surface area contributed by atoms with E-state index in [1.807, 2.05) is 11.9 Å². The third kappa shape index (κ3) is 6.36. The van der Waals surface area contributed by atoms with E-state index < -0.39 is 0 Å². The van der Waals surface area contributed by atoms with Crippen molar-refractivity contribution in [2.45, 2.75) is 63.2 Å². The summed E-state index contributed by atoms with van der Waals surface area (Å²) in [6.45, 7) is 13.0. The molecule has 6 heteroatoms. The van der Waals surface area contributed by atoms with Crippen LogP contribution in [0, 0.1) is 11.2 Å². The SMILES string of the molecule is CC(C)(C)c1ccc(SN2CCC3=CC(Nc4ccc(F)cc4)=C(CN)CC3(CCN3CCCC3)C2)cc1. The number of piperidine rings is 1. The summed E-state index contributed by atoms with van der Waals surface area (Å²) >= 11 is 1.90. The second-order valence-electron chi connectivity index (χ2n) is 12.3. The van der Waals surface area contributed by atoms with E-state index in [4.69, 9.17) is 5.73 Å². The number of hydrogen-bond donors (Lipinski definition) is 2. The molecule has 5 rings (SSSR count). The largest absolute Gasteiger partial charge is 0.356 e. The average Bonchev–Trinajstić information content (AvgIpc) is 3.42. The Kier molecular flexibility index (Phi) is 8.34. The Morgan fingerprint density at radius 1 is 1.00 bits per heavy atom. The molecule has 2 aromatic rings. The van der Waals surface area contributed by atoms with E-state index in [9.17, 15) is 4.39 Å². The number of nitrogens with zero attached hydrogens (tertiary/aromatic N) is 2. The smallest absolute Gasteiger partial charge is 0.123 e. The second kappa shape index (κ2) is 11.5. The highest BCUT2D eigenvalue weighted by Gasteiger charge is 2.43. The van der Waals surface area contributed by atoms with Gasteiger partial charge in [-0.1, -0.05) is 38.5 Å². The Balaban J connectivity index is 1.36. The minimum absolute atomic E-state index is 0.0991. The molecule has 0 bridgehead atoms. The zero-order chi connectivity index (χ0) is 26.8. The van der Waals surface area contributed by atoms with Crippen LogP contribution >= 0.6 is 11.9 Å². The maximum Gasteiger partial charge on any atom is 0.123 e. The molecule has 0 radical (unpaired) electrons. The number of anilines is 1. The molecule has 1 aliphatic carbocycles. The van der Waals surface area contributed by atoms with Crippen LogP contribution in [0.2, 0.25) is 0 Å². The summed E-state index contributed by atoms with van der Waals surface area (Å²) in [5.74, 6) is -0.218. The normalized spacial score (nSPS) is 22.9. The summed E-state index contributed by atoms with van der Waals surface area (Å²) in [5, 5.41) is 3.55. The van der Waals surface area contributed by atoms with Gasteiger partial charge in [-0.05, 0) is 123 Å². The van der Waals surface area contributed by atoms with Crippen molar-refractivity contribution >= 4 is 17.6 Å². The zero-order valence-corrected chi connectivity index (χ0v) is 24.0. The number of allylic oxidation sites excluding steroid dienone is 1. The number of benzene rings is 2. The number of likely N-dealkylation sites (tertiary alicyclic amines) is 1. The lowest BCUT2D eigenvalue weighted by Crippen LogP contribution is -2.46. The molecule has 2 saturated heterocycles. The molecule has 0 aromatic heterocycles. The zero-order valence-electron chi connectivity index (χ0n) is 23.2. The van der Waals surface area contributed by atoms with Crippen molar-refractivity contribution in [2.75, 3.05) is 44.6 Å². The van der Waals surface area contributed by atoms with E-state index in [0.717, 1.165) is 50.3 Å². The van der Waals surface area contributed by atoms with Crippen molar-refractivity contribution in [3.63, 3.8) is 0 Å². The minimum Gasteiger partial charge on any atom is -0.356 e. The number of nitrogens with two attached hydrogens (primary N) is 1. The molecule has 2 fully saturated rings. The fourth-order valence-corrected chi connectivity index (χ4v) is 7.20. The molecule has 2 aromatic carbocycles. The molecule has 0 amide bonds. The number of nitrogens with one attached hydrogen (secondary N) is 1. The number of hydrogen-bond acceptors (Lipinski definition) is 5. The summed E-state index contributed by atoms with van der Waals surface area (Å²) in [6.07, 6.45) is 8.21. The van der Waals surface area contributed by atoms with Crippen molar-refractivity contribution in [1.82, 2.24) is 9.21 Å². The van der Waals surface area contributed by atoms with E-state index in [-0.39, 0.29) is 16.6 Å². The summed E-state index contributed by atoms with van der Waals surface area (Å²) < 4.78 is 16.1. The molecule has 0 saturated carbocycles. The molecule has 38 heavy (non-hydrogen) atoms. The van der Waals surface area contributed by atoms with Gasteiger partial charge in [-0.15, -0.1) is 0 Å². The predicted molar refractivity (Wildman–Crippen MR) is 159 cm³/mol. The molecule has 3 aliphatic rings. The maximum atomic E-state index is 13.5. The van der Waals surface area contributed by atoms with Gasteiger partial charge in [0.15, 0.2) is 0 Å². The third-order valence-electron chi connectivity index (χ3n) is 8.47. The third-order valence-corrected chi connectivity index (χ3v) is 9.52. The van der Waals surface area contributed by atoms with Gasteiger partial charge in [0.25, 0.3) is 0 Å². The summed E-state index contributed by atoms with van der Waals surface area (Å²) in [5.41, 5.74) is 12.8. The van der Waals surface area contributed by atoms with Crippen molar-refractivity contribution in [3.8, 4) is 0 Å². The van der Waals surface area contributed by atoms with Crippen LogP contribution in [-0.2, 0) is 5.41 Å². The van der Waals surface area contributed by atoms with Crippen LogP contribution in [0.3, 0.4) is 0 Å². The number of halogens is 1. The highest BCUT2D eigenvalue weighted by molar-refractivity contribution is 7.97. The molecule has 3 N–H and O–H groups in total. The predicted octanol–water partition coefficient (Wildman–Crippen LogP) is 6.96. The first-order chi connectivity index (χ1) is 18.2. The summed E-state index contributed by atoms with van der Waals surface area (Å²) in [4.78, 5) is 3.95. The fourth-order valence-electron chi connectivity index (χ4n) is 6.15. The van der Waals surface area contributed by atoms with Gasteiger partial charge in [-0.25, -0.2) is 8.70 Å². The van der Waals surface area contributed by atoms with Gasteiger partial charge in [0.05, 0.1) is 0 Å². The number of rotatable bonds is 8. The van der Waals surface area contributed by atoms with Crippen LogP contribution in [0.15, 0.2) is 76.3 Å². The van der Waals surface area contributed by atoms with E-state index in [0.29, 0.717) is 6.54 Å². The Bertz CT molecular complexity index is 1160. The Morgan fingerprint density at radius 2 is 1.71 bits per heavy atom. The molecule has 4 nitrogen and oxygen atoms in total. The fraction of sp³-hybridized carbons (Fsp3) is 0.500. The van der Waals surface area contributed by atoms with Crippen molar-refractivity contribution in [1.29, 1.82) is 0 Å². The van der Waals surface area contributed by atoms with Gasteiger partial charge in [0.2, 0.25) is 0 Å². The van der Waals surface area contributed by atoms with E-state index in [2.05, 4.69) is 65.6 Å². The second-order valence-corrected chi connectivity index (χ2v) is 13.4. The molecular formula is C32H43FN4S. The topological polar surface area (TPSA) is 44.5 Å². The van der Waals surface area contributed by atoms with Gasteiger partial charge in [-0.2, -0.15) is 0 Å². The first-order valence-electron chi connectivity index (χ1n) is 14.2. The van der Waals surface area contributed by atoms with E-state index >= 15 is 0 Å². The summed E-state index contributed by atoms with van der Waals surface area (Å²) in [7, 11) is 0. The van der Waals surface area contributed by atoms with Gasteiger partial charge < -0.3 is 16.0 Å². The molecule has 2 heterocycles. The van der Waals surface area contributed by atoms with Crippen molar-refractivity contribution < 1.29 is 4.39 Å². The Labute approximate surface area is 232 Å². The molecular weight excluding hydrogens is 491 g/mol.